The number of ether oxygens (including phenoxy) is 1. The Kier molecular flexibility index (Phi) is 4.04. The number of piperazine rings is 1. The van der Waals surface area contributed by atoms with Gasteiger partial charge in [-0.1, -0.05) is 11.6 Å². The van der Waals surface area contributed by atoms with E-state index >= 15 is 0 Å². The average Bonchev–Trinajstić information content (AvgIpc) is 2.29. The van der Waals surface area contributed by atoms with E-state index in [-0.39, 0.29) is 0 Å². The summed E-state index contributed by atoms with van der Waals surface area (Å²) in [5.41, 5.74) is 1.21. The van der Waals surface area contributed by atoms with Crippen molar-refractivity contribution in [1.29, 1.82) is 0 Å². The molecule has 0 unspecified atom stereocenters. The molecule has 1 heterocycles. The van der Waals surface area contributed by atoms with E-state index in [1.807, 2.05) is 18.2 Å². The van der Waals surface area contributed by atoms with Crippen LogP contribution in [0.5, 0.6) is 5.75 Å². The number of halogens is 1. The molecule has 0 aromatic heterocycles. The van der Waals surface area contributed by atoms with Gasteiger partial charge in [0.15, 0.2) is 0 Å². The molecule has 0 amide bonds. The molecule has 1 N–H and O–H groups in total. The molecular weight excluding hydrogens is 224 g/mol. The monoisotopic (exact) mass is 240 g/mol. The maximum absolute atomic E-state index is 6.04. The predicted octanol–water partition coefficient (Wildman–Crippen LogP) is 1.75. The maximum Gasteiger partial charge on any atom is 0.120 e. The molecule has 0 saturated carbocycles. The smallest absolute Gasteiger partial charge is 0.120 e. The van der Waals surface area contributed by atoms with Crippen molar-refractivity contribution < 1.29 is 4.74 Å². The van der Waals surface area contributed by atoms with Gasteiger partial charge in [-0.2, -0.15) is 0 Å². The van der Waals surface area contributed by atoms with E-state index in [0.29, 0.717) is 0 Å². The SMILES string of the molecule is COc1cc(Cl)cc(CN2CCNCC2)c1. The summed E-state index contributed by atoms with van der Waals surface area (Å²) in [7, 11) is 1.67. The Hall–Kier alpha value is -0.770. The lowest BCUT2D eigenvalue weighted by molar-refractivity contribution is 0.233. The molecule has 16 heavy (non-hydrogen) atoms. The third kappa shape index (κ3) is 3.11. The molecule has 3 nitrogen and oxygen atoms in total. The second kappa shape index (κ2) is 5.53. The number of hydrogen-bond acceptors (Lipinski definition) is 3. The van der Waals surface area contributed by atoms with E-state index in [4.69, 9.17) is 16.3 Å². The summed E-state index contributed by atoms with van der Waals surface area (Å²) >= 11 is 6.04. The maximum atomic E-state index is 6.04. The van der Waals surface area contributed by atoms with Crippen molar-refractivity contribution in [3.63, 3.8) is 0 Å². The van der Waals surface area contributed by atoms with Crippen LogP contribution in [0.1, 0.15) is 5.56 Å². The minimum Gasteiger partial charge on any atom is -0.497 e. The van der Waals surface area contributed by atoms with Gasteiger partial charge in [0.1, 0.15) is 5.75 Å². The first-order chi connectivity index (χ1) is 7.78. The molecule has 1 aromatic carbocycles. The molecule has 1 aliphatic heterocycles. The largest absolute Gasteiger partial charge is 0.497 e. The van der Waals surface area contributed by atoms with Crippen LogP contribution < -0.4 is 10.1 Å². The van der Waals surface area contributed by atoms with Gasteiger partial charge >= 0.3 is 0 Å². The molecule has 0 bridgehead atoms. The van der Waals surface area contributed by atoms with Crippen LogP contribution >= 0.6 is 11.6 Å². The molecular formula is C12H17ClN2O. The number of rotatable bonds is 3. The Balaban J connectivity index is 2.04. The zero-order valence-electron chi connectivity index (χ0n) is 9.50. The van der Waals surface area contributed by atoms with Crippen LogP contribution in [0.2, 0.25) is 5.02 Å². The van der Waals surface area contributed by atoms with Crippen molar-refractivity contribution in [2.45, 2.75) is 6.54 Å². The molecule has 0 spiro atoms. The van der Waals surface area contributed by atoms with Crippen LogP contribution in [0.15, 0.2) is 18.2 Å². The first-order valence-corrected chi connectivity index (χ1v) is 5.92. The summed E-state index contributed by atoms with van der Waals surface area (Å²) in [6.07, 6.45) is 0. The van der Waals surface area contributed by atoms with Gasteiger partial charge in [0.2, 0.25) is 0 Å². The predicted molar refractivity (Wildman–Crippen MR) is 66.2 cm³/mol. The van der Waals surface area contributed by atoms with Crippen LogP contribution in [-0.4, -0.2) is 38.2 Å². The summed E-state index contributed by atoms with van der Waals surface area (Å²) in [4.78, 5) is 2.42. The molecule has 0 aliphatic carbocycles. The number of benzene rings is 1. The molecule has 0 radical (unpaired) electrons. The summed E-state index contributed by atoms with van der Waals surface area (Å²) in [6, 6.07) is 5.89. The van der Waals surface area contributed by atoms with E-state index in [0.717, 1.165) is 43.5 Å². The molecule has 88 valence electrons. The quantitative estimate of drug-likeness (QED) is 0.872. The molecule has 2 rings (SSSR count). The second-order valence-corrected chi connectivity index (χ2v) is 4.46. The van der Waals surface area contributed by atoms with Gasteiger partial charge in [0.05, 0.1) is 7.11 Å². The van der Waals surface area contributed by atoms with E-state index in [2.05, 4.69) is 10.2 Å². The van der Waals surface area contributed by atoms with Crippen molar-refractivity contribution in [3.8, 4) is 5.75 Å². The lowest BCUT2D eigenvalue weighted by atomic mass is 10.2. The lowest BCUT2D eigenvalue weighted by Gasteiger charge is -2.27. The fourth-order valence-electron chi connectivity index (χ4n) is 1.96. The summed E-state index contributed by atoms with van der Waals surface area (Å²) < 4.78 is 5.21. The third-order valence-electron chi connectivity index (χ3n) is 2.78. The van der Waals surface area contributed by atoms with Gasteiger partial charge in [-0.25, -0.2) is 0 Å². The fourth-order valence-corrected chi connectivity index (χ4v) is 2.21. The molecule has 4 heteroatoms. The highest BCUT2D eigenvalue weighted by Crippen LogP contribution is 2.21. The minimum absolute atomic E-state index is 0.740. The van der Waals surface area contributed by atoms with Crippen molar-refractivity contribution in [1.82, 2.24) is 10.2 Å². The minimum atomic E-state index is 0.740. The average molecular weight is 241 g/mol. The Morgan fingerprint density at radius 2 is 2.06 bits per heavy atom. The number of nitrogens with zero attached hydrogens (tertiary/aromatic N) is 1. The summed E-state index contributed by atoms with van der Waals surface area (Å²) in [6.45, 7) is 5.26. The van der Waals surface area contributed by atoms with Crippen molar-refractivity contribution in [3.05, 3.63) is 28.8 Å². The zero-order valence-corrected chi connectivity index (χ0v) is 10.3. The zero-order chi connectivity index (χ0) is 11.4. The fraction of sp³-hybridized carbons (Fsp3) is 0.500. The van der Waals surface area contributed by atoms with Crippen LogP contribution in [-0.2, 0) is 6.54 Å². The van der Waals surface area contributed by atoms with Crippen molar-refractivity contribution in [2.75, 3.05) is 33.3 Å². The third-order valence-corrected chi connectivity index (χ3v) is 3.00. The van der Waals surface area contributed by atoms with Crippen molar-refractivity contribution in [2.24, 2.45) is 0 Å². The van der Waals surface area contributed by atoms with Gasteiger partial charge < -0.3 is 10.1 Å². The van der Waals surface area contributed by atoms with E-state index < -0.39 is 0 Å². The van der Waals surface area contributed by atoms with Crippen molar-refractivity contribution >= 4 is 11.6 Å². The van der Waals surface area contributed by atoms with E-state index in [1.54, 1.807) is 7.11 Å². The van der Waals surface area contributed by atoms with Crippen LogP contribution in [0.25, 0.3) is 0 Å². The Morgan fingerprint density at radius 3 is 2.75 bits per heavy atom. The highest BCUT2D eigenvalue weighted by Gasteiger charge is 2.10. The van der Waals surface area contributed by atoms with Crippen LogP contribution in [0.4, 0.5) is 0 Å². The van der Waals surface area contributed by atoms with Gasteiger partial charge in [-0.15, -0.1) is 0 Å². The molecule has 1 fully saturated rings. The summed E-state index contributed by atoms with van der Waals surface area (Å²) in [5.74, 6) is 0.831. The Labute approximate surface area is 101 Å². The molecule has 1 saturated heterocycles. The number of methoxy groups -OCH3 is 1. The van der Waals surface area contributed by atoms with E-state index in [1.165, 1.54) is 5.56 Å². The summed E-state index contributed by atoms with van der Waals surface area (Å²) in [5, 5.41) is 4.08. The standard InChI is InChI=1S/C12H17ClN2O/c1-16-12-7-10(6-11(13)8-12)9-15-4-2-14-3-5-15/h6-8,14H,2-5,9H2,1H3. The van der Waals surface area contributed by atoms with Gasteiger partial charge in [-0.05, 0) is 23.8 Å². The van der Waals surface area contributed by atoms with Gasteiger partial charge in [0, 0.05) is 37.7 Å². The highest BCUT2D eigenvalue weighted by molar-refractivity contribution is 6.30. The highest BCUT2D eigenvalue weighted by atomic mass is 35.5. The van der Waals surface area contributed by atoms with Crippen LogP contribution in [0, 0.1) is 0 Å². The van der Waals surface area contributed by atoms with E-state index in [9.17, 15) is 0 Å². The Morgan fingerprint density at radius 1 is 1.31 bits per heavy atom. The second-order valence-electron chi connectivity index (χ2n) is 4.03. The molecule has 1 aliphatic rings. The first-order valence-electron chi connectivity index (χ1n) is 5.54. The van der Waals surface area contributed by atoms with Gasteiger partial charge in [0.25, 0.3) is 0 Å². The topological polar surface area (TPSA) is 24.5 Å². The molecule has 1 aromatic rings. The number of nitrogens with one attached hydrogen (secondary N) is 1. The lowest BCUT2D eigenvalue weighted by Crippen LogP contribution is -2.42. The molecule has 0 atom stereocenters. The van der Waals surface area contributed by atoms with Crippen LogP contribution in [0.3, 0.4) is 0 Å². The number of hydrogen-bond donors (Lipinski definition) is 1. The normalized spacial score (nSPS) is 17.4. The van der Waals surface area contributed by atoms with Gasteiger partial charge in [-0.3, -0.25) is 4.90 Å². The Bertz CT molecular complexity index is 351. The first kappa shape index (κ1) is 11.7.